The highest BCUT2D eigenvalue weighted by Gasteiger charge is 2.02. The lowest BCUT2D eigenvalue weighted by molar-refractivity contribution is 0.580. The van der Waals surface area contributed by atoms with Gasteiger partial charge < -0.3 is 5.32 Å². The normalized spacial score (nSPS) is 12.5. The van der Waals surface area contributed by atoms with Crippen LogP contribution in [0.25, 0.3) is 0 Å². The number of thioether (sulfide) groups is 1. The van der Waals surface area contributed by atoms with Crippen LogP contribution >= 0.6 is 11.8 Å². The molecule has 1 aromatic rings. The molecular weight excluding hydrogens is 189 g/mol. The number of rotatable bonds is 4. The van der Waals surface area contributed by atoms with Gasteiger partial charge >= 0.3 is 0 Å². The third-order valence-electron chi connectivity index (χ3n) is 1.44. The first-order chi connectivity index (χ1) is 6.22. The molecule has 0 radical (unpaired) electrons. The molecule has 13 heavy (non-hydrogen) atoms. The fraction of sp³-hybridized carbons (Fsp3) is 0.500. The molecule has 1 unspecified atom stereocenters. The number of nitrogens with zero attached hydrogens (tertiary/aromatic N) is 2. The van der Waals surface area contributed by atoms with Gasteiger partial charge in [0, 0.05) is 17.9 Å². The Kier molecular flexibility index (Phi) is 3.95. The Morgan fingerprint density at radius 1 is 1.62 bits per heavy atom. The van der Waals surface area contributed by atoms with Crippen molar-refractivity contribution in [2.75, 3.05) is 17.3 Å². The Morgan fingerprint density at radius 2 is 2.38 bits per heavy atom. The lowest BCUT2D eigenvalue weighted by Gasteiger charge is -2.12. The highest BCUT2D eigenvalue weighted by atomic mass is 32.2. The Labute approximate surface area is 81.2 Å². The third-order valence-corrected chi connectivity index (χ3v) is 2.28. The first-order valence-corrected chi connectivity index (χ1v) is 5.34. The van der Waals surface area contributed by atoms with E-state index in [0.29, 0.717) is 5.82 Å². The predicted octanol–water partition coefficient (Wildman–Crippen LogP) is 1.78. The van der Waals surface area contributed by atoms with Gasteiger partial charge in [-0.05, 0) is 13.2 Å². The molecule has 1 N–H and O–H groups in total. The van der Waals surface area contributed by atoms with Crippen LogP contribution in [-0.4, -0.2) is 28.0 Å². The van der Waals surface area contributed by atoms with Crippen molar-refractivity contribution in [2.45, 2.75) is 13.0 Å². The number of halogens is 1. The zero-order chi connectivity index (χ0) is 9.68. The summed E-state index contributed by atoms with van der Waals surface area (Å²) in [7, 11) is 0. The van der Waals surface area contributed by atoms with E-state index in [1.54, 1.807) is 11.8 Å². The molecule has 1 atom stereocenters. The summed E-state index contributed by atoms with van der Waals surface area (Å²) < 4.78 is 12.6. The summed E-state index contributed by atoms with van der Waals surface area (Å²) in [6.07, 6.45) is 3.24. The number of anilines is 1. The van der Waals surface area contributed by atoms with Crippen molar-refractivity contribution in [3.05, 3.63) is 18.3 Å². The van der Waals surface area contributed by atoms with Gasteiger partial charge in [0.2, 0.25) is 5.95 Å². The third kappa shape index (κ3) is 3.59. The van der Waals surface area contributed by atoms with Crippen LogP contribution in [0.1, 0.15) is 6.92 Å². The van der Waals surface area contributed by atoms with Crippen molar-refractivity contribution in [1.29, 1.82) is 0 Å². The second kappa shape index (κ2) is 5.01. The average Bonchev–Trinajstić information content (AvgIpc) is 2.04. The minimum atomic E-state index is -0.506. The van der Waals surface area contributed by atoms with Crippen molar-refractivity contribution in [1.82, 2.24) is 9.97 Å². The van der Waals surface area contributed by atoms with E-state index in [-0.39, 0.29) is 6.04 Å². The SMILES string of the molecule is CSCC(C)Nc1cc(F)ncn1. The van der Waals surface area contributed by atoms with E-state index >= 15 is 0 Å². The van der Waals surface area contributed by atoms with E-state index in [9.17, 15) is 4.39 Å². The van der Waals surface area contributed by atoms with Crippen LogP contribution in [0.15, 0.2) is 12.4 Å². The van der Waals surface area contributed by atoms with Crippen LogP contribution in [0.4, 0.5) is 10.2 Å². The first-order valence-electron chi connectivity index (χ1n) is 3.95. The molecule has 3 nitrogen and oxygen atoms in total. The van der Waals surface area contributed by atoms with Gasteiger partial charge in [0.15, 0.2) is 0 Å². The van der Waals surface area contributed by atoms with Crippen LogP contribution in [0.2, 0.25) is 0 Å². The van der Waals surface area contributed by atoms with Crippen molar-refractivity contribution in [2.24, 2.45) is 0 Å². The van der Waals surface area contributed by atoms with Crippen LogP contribution < -0.4 is 5.32 Å². The molecule has 0 aliphatic heterocycles. The van der Waals surface area contributed by atoms with Gasteiger partial charge in [-0.2, -0.15) is 16.2 Å². The Hall–Kier alpha value is -0.840. The molecule has 0 amide bonds. The van der Waals surface area contributed by atoms with Crippen molar-refractivity contribution in [3.63, 3.8) is 0 Å². The van der Waals surface area contributed by atoms with Gasteiger partial charge in [0.25, 0.3) is 0 Å². The van der Waals surface area contributed by atoms with Gasteiger partial charge in [0.05, 0.1) is 0 Å². The molecule has 0 aliphatic carbocycles. The quantitative estimate of drug-likeness (QED) is 0.753. The second-order valence-corrected chi connectivity index (χ2v) is 3.64. The maximum Gasteiger partial charge on any atom is 0.217 e. The summed E-state index contributed by atoms with van der Waals surface area (Å²) >= 11 is 1.73. The predicted molar refractivity (Wildman–Crippen MR) is 53.5 cm³/mol. The minimum Gasteiger partial charge on any atom is -0.367 e. The molecule has 0 aromatic carbocycles. The monoisotopic (exact) mass is 201 g/mol. The van der Waals surface area contributed by atoms with E-state index < -0.39 is 5.95 Å². The highest BCUT2D eigenvalue weighted by molar-refractivity contribution is 7.98. The van der Waals surface area contributed by atoms with Crippen LogP contribution in [-0.2, 0) is 0 Å². The average molecular weight is 201 g/mol. The first kappa shape index (κ1) is 10.2. The second-order valence-electron chi connectivity index (χ2n) is 2.73. The zero-order valence-corrected chi connectivity index (χ0v) is 8.44. The van der Waals surface area contributed by atoms with E-state index in [1.165, 1.54) is 12.4 Å². The van der Waals surface area contributed by atoms with Crippen LogP contribution in [0.5, 0.6) is 0 Å². The van der Waals surface area contributed by atoms with Gasteiger partial charge in [0.1, 0.15) is 12.1 Å². The number of nitrogens with one attached hydrogen (secondary N) is 1. The fourth-order valence-corrected chi connectivity index (χ4v) is 1.54. The Bertz CT molecular complexity index is 269. The molecular formula is C8H12FN3S. The summed E-state index contributed by atoms with van der Waals surface area (Å²) in [6.45, 7) is 2.02. The smallest absolute Gasteiger partial charge is 0.217 e. The molecule has 0 saturated carbocycles. The number of hydrogen-bond donors (Lipinski definition) is 1. The molecule has 1 aromatic heterocycles. The van der Waals surface area contributed by atoms with Gasteiger partial charge in [-0.25, -0.2) is 9.97 Å². The molecule has 1 heterocycles. The van der Waals surface area contributed by atoms with E-state index in [1.807, 2.05) is 13.2 Å². The van der Waals surface area contributed by atoms with E-state index in [0.717, 1.165) is 5.75 Å². The lowest BCUT2D eigenvalue weighted by Crippen LogP contribution is -2.18. The zero-order valence-electron chi connectivity index (χ0n) is 7.62. The summed E-state index contributed by atoms with van der Waals surface area (Å²) in [6, 6.07) is 1.57. The number of hydrogen-bond acceptors (Lipinski definition) is 4. The molecule has 1 rings (SSSR count). The maximum absolute atomic E-state index is 12.6. The fourth-order valence-electron chi connectivity index (χ4n) is 0.957. The van der Waals surface area contributed by atoms with Gasteiger partial charge in [-0.3, -0.25) is 0 Å². The molecule has 0 fully saturated rings. The molecule has 0 bridgehead atoms. The van der Waals surface area contributed by atoms with Gasteiger partial charge in [-0.1, -0.05) is 0 Å². The largest absolute Gasteiger partial charge is 0.367 e. The summed E-state index contributed by atoms with van der Waals surface area (Å²) in [5, 5.41) is 3.07. The topological polar surface area (TPSA) is 37.8 Å². The maximum atomic E-state index is 12.6. The van der Waals surface area contributed by atoms with Crippen LogP contribution in [0, 0.1) is 5.95 Å². The van der Waals surface area contributed by atoms with E-state index in [2.05, 4.69) is 15.3 Å². The molecule has 0 aliphatic rings. The lowest BCUT2D eigenvalue weighted by atomic mass is 10.4. The van der Waals surface area contributed by atoms with Gasteiger partial charge in [-0.15, -0.1) is 0 Å². The van der Waals surface area contributed by atoms with Crippen molar-refractivity contribution in [3.8, 4) is 0 Å². The molecule has 5 heteroatoms. The van der Waals surface area contributed by atoms with E-state index in [4.69, 9.17) is 0 Å². The number of aromatic nitrogens is 2. The Balaban J connectivity index is 2.53. The standard InChI is InChI=1S/C8H12FN3S/c1-6(4-13-2)12-8-3-7(9)10-5-11-8/h3,5-6H,4H2,1-2H3,(H,10,11,12). The summed E-state index contributed by atoms with van der Waals surface area (Å²) in [5.74, 6) is 0.994. The highest BCUT2D eigenvalue weighted by Crippen LogP contribution is 2.06. The van der Waals surface area contributed by atoms with Crippen molar-refractivity contribution < 1.29 is 4.39 Å². The summed E-state index contributed by atoms with van der Waals surface area (Å²) in [5.41, 5.74) is 0. The molecule has 72 valence electrons. The minimum absolute atomic E-state index is 0.282. The Morgan fingerprint density at radius 3 is 3.00 bits per heavy atom. The summed E-state index contributed by atoms with van der Waals surface area (Å²) in [4.78, 5) is 7.26. The molecule has 0 spiro atoms. The molecule has 0 saturated heterocycles. The van der Waals surface area contributed by atoms with Crippen LogP contribution in [0.3, 0.4) is 0 Å². The van der Waals surface area contributed by atoms with Crippen molar-refractivity contribution >= 4 is 17.6 Å².